The van der Waals surface area contributed by atoms with Crippen molar-refractivity contribution in [2.75, 3.05) is 4.90 Å². The number of carbonyl (C=O) groups excluding carboxylic acids is 1. The maximum atomic E-state index is 11.8. The molecule has 0 bridgehead atoms. The molecule has 1 heterocycles. The predicted octanol–water partition coefficient (Wildman–Crippen LogP) is 3.30. The van der Waals surface area contributed by atoms with E-state index in [9.17, 15) is 4.79 Å². The summed E-state index contributed by atoms with van der Waals surface area (Å²) in [6.45, 7) is 1.57. The number of para-hydroxylation sites is 2. The van der Waals surface area contributed by atoms with E-state index < -0.39 is 0 Å². The summed E-state index contributed by atoms with van der Waals surface area (Å²) < 4.78 is 5.12. The van der Waals surface area contributed by atoms with Crippen molar-refractivity contribution in [2.45, 2.75) is 6.92 Å². The standard InChI is InChI=1S/C20H19N2OTe/c1-16(23)22(17-10-4-3-5-11-17)15-9-8-14-20-21(2)18-12-6-7-13-19(18)24-20/h3-15H,1-2H3/q+1. The number of hydrogen-bond donors (Lipinski definition) is 0. The van der Waals surface area contributed by atoms with Crippen molar-refractivity contribution in [3.8, 4) is 0 Å². The molecule has 0 fully saturated rings. The Hall–Kier alpha value is -2.15. The van der Waals surface area contributed by atoms with Gasteiger partial charge < -0.3 is 0 Å². The molecule has 1 amide bonds. The monoisotopic (exact) mass is 433 g/mol. The molecule has 3 rings (SSSR count). The van der Waals surface area contributed by atoms with Gasteiger partial charge in [0.25, 0.3) is 0 Å². The van der Waals surface area contributed by atoms with E-state index in [1.807, 2.05) is 48.7 Å². The van der Waals surface area contributed by atoms with Crippen molar-refractivity contribution in [2.24, 2.45) is 7.05 Å². The number of benzene rings is 2. The molecule has 0 atom stereocenters. The fourth-order valence-electron chi connectivity index (χ4n) is 2.50. The second kappa shape index (κ2) is 7.61. The molecule has 0 spiro atoms. The van der Waals surface area contributed by atoms with Crippen LogP contribution >= 0.6 is 0 Å². The quantitative estimate of drug-likeness (QED) is 0.354. The van der Waals surface area contributed by atoms with Gasteiger partial charge in [-0.1, -0.05) is 0 Å². The zero-order chi connectivity index (χ0) is 16.9. The van der Waals surface area contributed by atoms with E-state index in [4.69, 9.17) is 0 Å². The summed E-state index contributed by atoms with van der Waals surface area (Å²) >= 11 is -0.328. The number of anilines is 1. The van der Waals surface area contributed by atoms with Gasteiger partial charge in [-0.05, 0) is 0 Å². The number of nitrogens with zero attached hydrogens (tertiary/aromatic N) is 2. The summed E-state index contributed by atoms with van der Waals surface area (Å²) in [6, 6.07) is 18.2. The summed E-state index contributed by atoms with van der Waals surface area (Å²) in [5.74, 6) is -0.00216. The van der Waals surface area contributed by atoms with Crippen LogP contribution in [0.5, 0.6) is 0 Å². The zero-order valence-electron chi connectivity index (χ0n) is 13.7. The van der Waals surface area contributed by atoms with Crippen molar-refractivity contribution in [1.29, 1.82) is 0 Å². The summed E-state index contributed by atoms with van der Waals surface area (Å²) in [5.41, 5.74) is 2.19. The minimum absolute atomic E-state index is 0.00216. The van der Waals surface area contributed by atoms with E-state index in [0.29, 0.717) is 0 Å². The maximum absolute atomic E-state index is 11.8. The van der Waals surface area contributed by atoms with Gasteiger partial charge in [0, 0.05) is 0 Å². The van der Waals surface area contributed by atoms with Crippen molar-refractivity contribution >= 4 is 47.0 Å². The number of allylic oxidation sites excluding steroid dienone is 2. The van der Waals surface area contributed by atoms with Gasteiger partial charge in [-0.2, -0.15) is 0 Å². The molecule has 24 heavy (non-hydrogen) atoms. The average molecular weight is 431 g/mol. The third kappa shape index (κ3) is 3.67. The van der Waals surface area contributed by atoms with Crippen molar-refractivity contribution in [3.63, 3.8) is 0 Å². The summed E-state index contributed by atoms with van der Waals surface area (Å²) in [4.78, 5) is 13.5. The molecule has 0 aliphatic heterocycles. The number of fused-ring (bicyclic) bond motifs is 1. The van der Waals surface area contributed by atoms with Crippen molar-refractivity contribution in [1.82, 2.24) is 0 Å². The Morgan fingerprint density at radius 3 is 2.46 bits per heavy atom. The molecule has 0 saturated heterocycles. The van der Waals surface area contributed by atoms with E-state index in [-0.39, 0.29) is 26.3 Å². The van der Waals surface area contributed by atoms with Gasteiger partial charge in [0.15, 0.2) is 0 Å². The van der Waals surface area contributed by atoms with Crippen LogP contribution in [-0.4, -0.2) is 26.3 Å². The van der Waals surface area contributed by atoms with Gasteiger partial charge in [0.2, 0.25) is 0 Å². The van der Waals surface area contributed by atoms with Gasteiger partial charge in [0.05, 0.1) is 0 Å². The first kappa shape index (κ1) is 16.7. The Labute approximate surface area is 151 Å². The molecular formula is C20H19N2OTe+. The Bertz CT molecular complexity index is 910. The molecule has 0 unspecified atom stereocenters. The number of rotatable bonds is 4. The van der Waals surface area contributed by atoms with Crippen LogP contribution in [0.3, 0.4) is 0 Å². The molecule has 3 aromatic rings. The Morgan fingerprint density at radius 1 is 1.04 bits per heavy atom. The normalized spacial score (nSPS) is 11.6. The van der Waals surface area contributed by atoms with Crippen LogP contribution in [-0.2, 0) is 11.8 Å². The van der Waals surface area contributed by atoms with E-state index in [2.05, 4.69) is 42.0 Å². The molecule has 0 saturated carbocycles. The fourth-order valence-corrected chi connectivity index (χ4v) is 5.54. The molecule has 0 radical (unpaired) electrons. The van der Waals surface area contributed by atoms with Gasteiger partial charge >= 0.3 is 152 Å². The van der Waals surface area contributed by atoms with Crippen LogP contribution in [0.25, 0.3) is 15.0 Å². The molecular weight excluding hydrogens is 412 g/mol. The molecule has 3 nitrogen and oxygen atoms in total. The number of hydrogen-bond acceptors (Lipinski definition) is 1. The number of carbonyl (C=O) groups is 1. The van der Waals surface area contributed by atoms with Crippen LogP contribution < -0.4 is 9.47 Å². The van der Waals surface area contributed by atoms with E-state index in [0.717, 1.165) is 5.69 Å². The fraction of sp³-hybridized carbons (Fsp3) is 0.100. The zero-order valence-corrected chi connectivity index (χ0v) is 16.0. The van der Waals surface area contributed by atoms with Gasteiger partial charge in [-0.3, -0.25) is 0 Å². The Morgan fingerprint density at radius 2 is 1.75 bits per heavy atom. The predicted molar refractivity (Wildman–Crippen MR) is 99.8 cm³/mol. The first-order valence-electron chi connectivity index (χ1n) is 7.74. The second-order valence-electron chi connectivity index (χ2n) is 5.39. The molecule has 120 valence electrons. The second-order valence-corrected chi connectivity index (χ2v) is 8.42. The molecule has 0 aliphatic rings. The van der Waals surface area contributed by atoms with Crippen molar-refractivity contribution in [3.05, 3.63) is 76.7 Å². The molecule has 2 aromatic carbocycles. The minimum atomic E-state index is -0.328. The molecule has 4 heteroatoms. The van der Waals surface area contributed by atoms with Crippen LogP contribution in [0.4, 0.5) is 5.69 Å². The number of aromatic nitrogens is 1. The average Bonchev–Trinajstić information content (AvgIpc) is 2.92. The van der Waals surface area contributed by atoms with E-state index in [1.54, 1.807) is 11.8 Å². The first-order valence-corrected chi connectivity index (χ1v) is 10.1. The van der Waals surface area contributed by atoms with Crippen LogP contribution in [0.1, 0.15) is 10.6 Å². The molecule has 0 aliphatic carbocycles. The third-order valence-electron chi connectivity index (χ3n) is 3.73. The molecule has 0 N–H and O–H groups in total. The van der Waals surface area contributed by atoms with Gasteiger partial charge in [-0.25, -0.2) is 0 Å². The van der Waals surface area contributed by atoms with E-state index >= 15 is 0 Å². The topological polar surface area (TPSA) is 24.2 Å². The van der Waals surface area contributed by atoms with Crippen molar-refractivity contribution < 1.29 is 9.36 Å². The Kier molecular flexibility index (Phi) is 5.30. The summed E-state index contributed by atoms with van der Waals surface area (Å²) in [5, 5.41) is 0. The van der Waals surface area contributed by atoms with Crippen LogP contribution in [0.2, 0.25) is 0 Å². The van der Waals surface area contributed by atoms with E-state index in [1.165, 1.54) is 12.6 Å². The van der Waals surface area contributed by atoms with Gasteiger partial charge in [0.1, 0.15) is 0 Å². The number of aryl methyl sites for hydroxylation is 1. The summed E-state index contributed by atoms with van der Waals surface area (Å²) in [7, 11) is 2.12. The molecule has 1 aromatic heterocycles. The SMILES string of the molecule is CC(=O)N(C=CC=Cc1[te]c2ccccc2[n+]1C)c1ccccc1. The first-order chi connectivity index (χ1) is 11.7. The van der Waals surface area contributed by atoms with Crippen LogP contribution in [0, 0.1) is 0 Å². The van der Waals surface area contributed by atoms with Crippen LogP contribution in [0.15, 0.2) is 72.9 Å². The Balaban J connectivity index is 1.80. The number of amides is 1. The summed E-state index contributed by atoms with van der Waals surface area (Å²) in [6.07, 6.45) is 7.91. The van der Waals surface area contributed by atoms with Gasteiger partial charge in [-0.15, -0.1) is 0 Å². The third-order valence-corrected chi connectivity index (χ3v) is 7.11.